The summed E-state index contributed by atoms with van der Waals surface area (Å²) in [5, 5.41) is 4.54. The lowest BCUT2D eigenvalue weighted by molar-refractivity contribution is -0.134. The molecule has 0 bridgehead atoms. The molecule has 1 aromatic heterocycles. The van der Waals surface area contributed by atoms with Gasteiger partial charge in [0.1, 0.15) is 5.75 Å². The first-order valence-electron chi connectivity index (χ1n) is 8.58. The topological polar surface area (TPSA) is 98.5 Å². The SMILES string of the molecule is CCC(=O)Oc1cccc(-c2cccc(NC(=O)c3cccs3)c2C(N)=O)c1. The summed E-state index contributed by atoms with van der Waals surface area (Å²) in [5.41, 5.74) is 7.29. The first-order chi connectivity index (χ1) is 13.5. The molecule has 0 spiro atoms. The molecule has 6 nitrogen and oxygen atoms in total. The molecule has 3 rings (SSSR count). The van der Waals surface area contributed by atoms with Gasteiger partial charge in [0, 0.05) is 6.42 Å². The number of amides is 2. The van der Waals surface area contributed by atoms with Crippen molar-refractivity contribution in [3.05, 3.63) is 70.4 Å². The fourth-order valence-electron chi connectivity index (χ4n) is 2.68. The highest BCUT2D eigenvalue weighted by atomic mass is 32.1. The van der Waals surface area contributed by atoms with Gasteiger partial charge in [0.05, 0.1) is 16.1 Å². The minimum Gasteiger partial charge on any atom is -0.427 e. The van der Waals surface area contributed by atoms with E-state index >= 15 is 0 Å². The molecular formula is C21H18N2O4S. The molecule has 0 aliphatic carbocycles. The molecule has 0 aliphatic rings. The van der Waals surface area contributed by atoms with E-state index in [0.29, 0.717) is 27.4 Å². The number of hydrogen-bond acceptors (Lipinski definition) is 5. The number of esters is 1. The highest BCUT2D eigenvalue weighted by molar-refractivity contribution is 7.12. The van der Waals surface area contributed by atoms with E-state index in [0.717, 1.165) is 0 Å². The monoisotopic (exact) mass is 394 g/mol. The van der Waals surface area contributed by atoms with E-state index < -0.39 is 5.91 Å². The van der Waals surface area contributed by atoms with Crippen molar-refractivity contribution in [3.8, 4) is 16.9 Å². The van der Waals surface area contributed by atoms with Crippen LogP contribution in [0.15, 0.2) is 60.0 Å². The zero-order valence-corrected chi connectivity index (χ0v) is 15.9. The molecule has 2 aromatic carbocycles. The molecule has 0 fully saturated rings. The normalized spacial score (nSPS) is 10.3. The molecule has 0 unspecified atom stereocenters. The minimum atomic E-state index is -0.673. The number of nitrogens with two attached hydrogens (primary N) is 1. The third kappa shape index (κ3) is 4.27. The van der Waals surface area contributed by atoms with Crippen molar-refractivity contribution in [3.63, 3.8) is 0 Å². The molecule has 28 heavy (non-hydrogen) atoms. The summed E-state index contributed by atoms with van der Waals surface area (Å²) >= 11 is 1.30. The molecule has 0 radical (unpaired) electrons. The molecule has 1 heterocycles. The van der Waals surface area contributed by atoms with Crippen LogP contribution >= 0.6 is 11.3 Å². The summed E-state index contributed by atoms with van der Waals surface area (Å²) in [6.07, 6.45) is 0.251. The Balaban J connectivity index is 2.00. The Bertz CT molecular complexity index is 1030. The molecule has 142 valence electrons. The maximum Gasteiger partial charge on any atom is 0.310 e. The predicted molar refractivity (Wildman–Crippen MR) is 109 cm³/mol. The predicted octanol–water partition coefficient (Wildman–Crippen LogP) is 4.08. The molecule has 0 saturated heterocycles. The van der Waals surface area contributed by atoms with Gasteiger partial charge >= 0.3 is 5.97 Å². The second-order valence-corrected chi connectivity index (χ2v) is 6.83. The fourth-order valence-corrected chi connectivity index (χ4v) is 3.30. The van der Waals surface area contributed by atoms with E-state index in [9.17, 15) is 14.4 Å². The van der Waals surface area contributed by atoms with Crippen LogP contribution in [0.2, 0.25) is 0 Å². The van der Waals surface area contributed by atoms with Crippen LogP contribution in [0.25, 0.3) is 11.1 Å². The van der Waals surface area contributed by atoms with E-state index in [1.54, 1.807) is 66.9 Å². The van der Waals surface area contributed by atoms with Gasteiger partial charge in [-0.3, -0.25) is 14.4 Å². The molecule has 0 aliphatic heterocycles. The molecule has 7 heteroatoms. The van der Waals surface area contributed by atoms with E-state index in [-0.39, 0.29) is 23.9 Å². The zero-order chi connectivity index (χ0) is 20.1. The molecular weight excluding hydrogens is 376 g/mol. The Morgan fingerprint density at radius 1 is 1.07 bits per heavy atom. The van der Waals surface area contributed by atoms with Gasteiger partial charge in [-0.25, -0.2) is 0 Å². The third-order valence-electron chi connectivity index (χ3n) is 3.97. The number of carbonyl (C=O) groups excluding carboxylic acids is 3. The number of primary amides is 1. The lowest BCUT2D eigenvalue weighted by Crippen LogP contribution is -2.18. The van der Waals surface area contributed by atoms with E-state index in [1.165, 1.54) is 11.3 Å². The van der Waals surface area contributed by atoms with Crippen LogP contribution in [-0.4, -0.2) is 17.8 Å². The summed E-state index contributed by atoms with van der Waals surface area (Å²) in [5.74, 6) is -0.981. The maximum atomic E-state index is 12.4. The largest absolute Gasteiger partial charge is 0.427 e. The average molecular weight is 394 g/mol. The molecule has 3 N–H and O–H groups in total. The lowest BCUT2D eigenvalue weighted by atomic mass is 9.97. The van der Waals surface area contributed by atoms with Crippen LogP contribution in [0, 0.1) is 0 Å². The number of carbonyl (C=O) groups is 3. The van der Waals surface area contributed by atoms with Gasteiger partial charge in [0.25, 0.3) is 11.8 Å². The number of ether oxygens (including phenoxy) is 1. The van der Waals surface area contributed by atoms with Gasteiger partial charge in [-0.1, -0.05) is 37.3 Å². The average Bonchev–Trinajstić information content (AvgIpc) is 3.22. The minimum absolute atomic E-state index is 0.186. The first-order valence-corrected chi connectivity index (χ1v) is 9.46. The van der Waals surface area contributed by atoms with Crippen LogP contribution in [0.5, 0.6) is 5.75 Å². The highest BCUT2D eigenvalue weighted by Gasteiger charge is 2.18. The van der Waals surface area contributed by atoms with Crippen molar-refractivity contribution in [2.75, 3.05) is 5.32 Å². The van der Waals surface area contributed by atoms with Gasteiger partial charge in [-0.05, 0) is 40.8 Å². The summed E-state index contributed by atoms with van der Waals surface area (Å²) in [4.78, 5) is 36.6. The van der Waals surface area contributed by atoms with Crippen LogP contribution in [0.4, 0.5) is 5.69 Å². The highest BCUT2D eigenvalue weighted by Crippen LogP contribution is 2.31. The third-order valence-corrected chi connectivity index (χ3v) is 4.84. The quantitative estimate of drug-likeness (QED) is 0.486. The Kier molecular flexibility index (Phi) is 5.86. The van der Waals surface area contributed by atoms with Crippen LogP contribution in [-0.2, 0) is 4.79 Å². The van der Waals surface area contributed by atoms with Crippen molar-refractivity contribution in [1.29, 1.82) is 0 Å². The summed E-state index contributed by atoms with van der Waals surface area (Å²) in [6.45, 7) is 1.71. The zero-order valence-electron chi connectivity index (χ0n) is 15.1. The number of rotatable bonds is 6. The smallest absolute Gasteiger partial charge is 0.310 e. The van der Waals surface area contributed by atoms with Gasteiger partial charge in [-0.15, -0.1) is 11.3 Å². The van der Waals surface area contributed by atoms with E-state index in [2.05, 4.69) is 5.32 Å². The number of nitrogens with one attached hydrogen (secondary N) is 1. The van der Waals surface area contributed by atoms with Crippen LogP contribution in [0.3, 0.4) is 0 Å². The number of benzene rings is 2. The van der Waals surface area contributed by atoms with Crippen molar-refractivity contribution >= 4 is 34.8 Å². The second-order valence-electron chi connectivity index (χ2n) is 5.88. The molecule has 3 aromatic rings. The Hall–Kier alpha value is -3.45. The number of anilines is 1. The molecule has 0 atom stereocenters. The summed E-state index contributed by atoms with van der Waals surface area (Å²) in [7, 11) is 0. The summed E-state index contributed by atoms with van der Waals surface area (Å²) in [6, 6.07) is 15.3. The molecule has 2 amide bonds. The van der Waals surface area contributed by atoms with E-state index in [1.807, 2.05) is 0 Å². The number of thiophene rings is 1. The van der Waals surface area contributed by atoms with Crippen LogP contribution < -0.4 is 15.8 Å². The van der Waals surface area contributed by atoms with Crippen LogP contribution in [0.1, 0.15) is 33.4 Å². The Morgan fingerprint density at radius 2 is 1.86 bits per heavy atom. The number of hydrogen-bond donors (Lipinski definition) is 2. The van der Waals surface area contributed by atoms with Gasteiger partial charge in [-0.2, -0.15) is 0 Å². The van der Waals surface area contributed by atoms with Gasteiger partial charge < -0.3 is 15.8 Å². The van der Waals surface area contributed by atoms with Crippen molar-refractivity contribution in [2.45, 2.75) is 13.3 Å². The van der Waals surface area contributed by atoms with Gasteiger partial charge in [0.15, 0.2) is 0 Å². The molecule has 0 saturated carbocycles. The fraction of sp³-hybridized carbons (Fsp3) is 0.0952. The first kappa shape index (κ1) is 19.3. The van der Waals surface area contributed by atoms with Gasteiger partial charge in [0.2, 0.25) is 0 Å². The van der Waals surface area contributed by atoms with Crippen molar-refractivity contribution in [2.24, 2.45) is 5.73 Å². The maximum absolute atomic E-state index is 12.4. The lowest BCUT2D eigenvalue weighted by Gasteiger charge is -2.14. The second kappa shape index (κ2) is 8.49. The van der Waals surface area contributed by atoms with E-state index in [4.69, 9.17) is 10.5 Å². The standard InChI is InChI=1S/C21H18N2O4S/c1-2-18(24)27-14-7-3-6-13(12-14)15-8-4-9-16(19(15)20(22)25)23-21(26)17-10-5-11-28-17/h3-12H,2H2,1H3,(H2,22,25)(H,23,26). The summed E-state index contributed by atoms with van der Waals surface area (Å²) < 4.78 is 5.25. The Morgan fingerprint density at radius 3 is 2.54 bits per heavy atom. The van der Waals surface area contributed by atoms with Crippen molar-refractivity contribution in [1.82, 2.24) is 0 Å². The van der Waals surface area contributed by atoms with Crippen molar-refractivity contribution < 1.29 is 19.1 Å². The Labute approximate surface area is 165 Å².